The molecule has 0 amide bonds. The molecule has 0 spiro atoms. The molecule has 0 fully saturated rings. The maximum absolute atomic E-state index is 11.8. The minimum absolute atomic E-state index is 0.238. The number of Topliss-reactive ketones (excluding diaryl/α,β-unsaturated/α-hetero) is 1. The van der Waals surface area contributed by atoms with Crippen LogP contribution >= 0.6 is 0 Å². The fourth-order valence-electron chi connectivity index (χ4n) is 1.63. The smallest absolute Gasteiger partial charge is 0.319 e. The molecule has 0 aliphatic heterocycles. The highest BCUT2D eigenvalue weighted by molar-refractivity contribution is 6.06. The van der Waals surface area contributed by atoms with Gasteiger partial charge in [-0.3, -0.25) is 9.59 Å². The minimum Gasteiger partial charge on any atom is -0.426 e. The highest BCUT2D eigenvalue weighted by Crippen LogP contribution is 2.13. The SMILES string of the molecule is Cc1ccc(OC(=O)CC(=O)c2ccccc2)cc1. The lowest BCUT2D eigenvalue weighted by Crippen LogP contribution is -2.14. The van der Waals surface area contributed by atoms with Crippen molar-refractivity contribution >= 4 is 11.8 Å². The zero-order valence-corrected chi connectivity index (χ0v) is 10.6. The van der Waals surface area contributed by atoms with Crippen molar-refractivity contribution in [2.45, 2.75) is 13.3 Å². The van der Waals surface area contributed by atoms with Crippen LogP contribution in [0.5, 0.6) is 5.75 Å². The van der Waals surface area contributed by atoms with E-state index in [1.807, 2.05) is 25.1 Å². The first-order valence-corrected chi connectivity index (χ1v) is 6.01. The van der Waals surface area contributed by atoms with E-state index in [1.54, 1.807) is 36.4 Å². The second-order valence-corrected chi connectivity index (χ2v) is 4.25. The zero-order valence-electron chi connectivity index (χ0n) is 10.6. The average Bonchev–Trinajstić information content (AvgIpc) is 2.42. The van der Waals surface area contributed by atoms with Crippen LogP contribution in [0, 0.1) is 6.92 Å². The third-order valence-electron chi connectivity index (χ3n) is 2.65. The van der Waals surface area contributed by atoms with Crippen molar-refractivity contribution in [1.82, 2.24) is 0 Å². The Hall–Kier alpha value is -2.42. The third-order valence-corrected chi connectivity index (χ3v) is 2.65. The molecule has 19 heavy (non-hydrogen) atoms. The Kier molecular flexibility index (Phi) is 4.08. The van der Waals surface area contributed by atoms with Gasteiger partial charge in [-0.2, -0.15) is 0 Å². The van der Waals surface area contributed by atoms with Gasteiger partial charge in [0.1, 0.15) is 12.2 Å². The first kappa shape index (κ1) is 13.0. The van der Waals surface area contributed by atoms with Crippen molar-refractivity contribution in [3.8, 4) is 5.75 Å². The van der Waals surface area contributed by atoms with Crippen LogP contribution in [0.15, 0.2) is 54.6 Å². The van der Waals surface area contributed by atoms with E-state index in [0.29, 0.717) is 11.3 Å². The molecule has 0 radical (unpaired) electrons. The summed E-state index contributed by atoms with van der Waals surface area (Å²) < 4.78 is 5.10. The second-order valence-electron chi connectivity index (χ2n) is 4.25. The highest BCUT2D eigenvalue weighted by Gasteiger charge is 2.13. The first-order chi connectivity index (χ1) is 9.15. The van der Waals surface area contributed by atoms with Crippen LogP contribution in [0.3, 0.4) is 0 Å². The van der Waals surface area contributed by atoms with E-state index in [0.717, 1.165) is 5.56 Å². The fourth-order valence-corrected chi connectivity index (χ4v) is 1.63. The summed E-state index contributed by atoms with van der Waals surface area (Å²) in [5.41, 5.74) is 1.60. The molecule has 3 heteroatoms. The van der Waals surface area contributed by atoms with E-state index in [2.05, 4.69) is 0 Å². The van der Waals surface area contributed by atoms with Gasteiger partial charge in [-0.25, -0.2) is 0 Å². The van der Waals surface area contributed by atoms with E-state index >= 15 is 0 Å². The van der Waals surface area contributed by atoms with Crippen molar-refractivity contribution in [1.29, 1.82) is 0 Å². The van der Waals surface area contributed by atoms with Crippen molar-refractivity contribution in [2.75, 3.05) is 0 Å². The van der Waals surface area contributed by atoms with Gasteiger partial charge in [0.25, 0.3) is 0 Å². The molecule has 0 atom stereocenters. The molecule has 2 aromatic carbocycles. The number of carbonyl (C=O) groups excluding carboxylic acids is 2. The van der Waals surface area contributed by atoms with E-state index in [-0.39, 0.29) is 12.2 Å². The predicted molar refractivity (Wildman–Crippen MR) is 72.2 cm³/mol. The van der Waals surface area contributed by atoms with E-state index < -0.39 is 5.97 Å². The summed E-state index contributed by atoms with van der Waals surface area (Å²) in [6, 6.07) is 15.8. The molecule has 0 heterocycles. The lowest BCUT2D eigenvalue weighted by Gasteiger charge is -2.04. The van der Waals surface area contributed by atoms with Crippen LogP contribution in [0.2, 0.25) is 0 Å². The molecule has 2 aromatic rings. The summed E-state index contributed by atoms with van der Waals surface area (Å²) in [4.78, 5) is 23.4. The Morgan fingerprint density at radius 1 is 0.947 bits per heavy atom. The molecule has 0 saturated carbocycles. The third kappa shape index (κ3) is 3.78. The van der Waals surface area contributed by atoms with Crippen LogP contribution in [0.1, 0.15) is 22.3 Å². The Morgan fingerprint density at radius 3 is 2.21 bits per heavy atom. The van der Waals surface area contributed by atoms with Crippen molar-refractivity contribution in [2.24, 2.45) is 0 Å². The Morgan fingerprint density at radius 2 is 1.58 bits per heavy atom. The van der Waals surface area contributed by atoms with Crippen molar-refractivity contribution in [3.05, 3.63) is 65.7 Å². The molecule has 0 unspecified atom stereocenters. The van der Waals surface area contributed by atoms with Crippen LogP contribution in [-0.2, 0) is 4.79 Å². The number of hydrogen-bond acceptors (Lipinski definition) is 3. The molecule has 0 aromatic heterocycles. The van der Waals surface area contributed by atoms with Gasteiger partial charge in [-0.15, -0.1) is 0 Å². The van der Waals surface area contributed by atoms with E-state index in [1.165, 1.54) is 0 Å². The number of benzene rings is 2. The molecule has 2 rings (SSSR count). The highest BCUT2D eigenvalue weighted by atomic mass is 16.5. The Labute approximate surface area is 111 Å². The Balaban J connectivity index is 1.95. The minimum atomic E-state index is -0.544. The van der Waals surface area contributed by atoms with Crippen LogP contribution in [-0.4, -0.2) is 11.8 Å². The molecule has 96 valence electrons. The number of ketones is 1. The quantitative estimate of drug-likeness (QED) is 0.364. The maximum atomic E-state index is 11.8. The van der Waals surface area contributed by atoms with Crippen LogP contribution in [0.25, 0.3) is 0 Å². The lowest BCUT2D eigenvalue weighted by atomic mass is 10.1. The number of carbonyl (C=O) groups is 2. The lowest BCUT2D eigenvalue weighted by molar-refractivity contribution is -0.133. The van der Waals surface area contributed by atoms with E-state index in [4.69, 9.17) is 4.74 Å². The summed E-state index contributed by atoms with van der Waals surface area (Å²) in [5, 5.41) is 0. The summed E-state index contributed by atoms with van der Waals surface area (Å²) in [5.74, 6) is -0.327. The number of aryl methyl sites for hydroxylation is 1. The second kappa shape index (κ2) is 5.96. The maximum Gasteiger partial charge on any atom is 0.319 e. The number of esters is 1. The molecule has 0 N–H and O–H groups in total. The summed E-state index contributed by atoms with van der Waals surface area (Å²) in [6.45, 7) is 1.95. The standard InChI is InChI=1S/C16H14O3/c1-12-7-9-14(10-8-12)19-16(18)11-15(17)13-5-3-2-4-6-13/h2-10H,11H2,1H3. The summed E-state index contributed by atoms with van der Waals surface area (Å²) >= 11 is 0. The molecular formula is C16H14O3. The normalized spacial score (nSPS) is 9.95. The zero-order chi connectivity index (χ0) is 13.7. The number of hydrogen-bond donors (Lipinski definition) is 0. The van der Waals surface area contributed by atoms with Gasteiger partial charge >= 0.3 is 5.97 Å². The topological polar surface area (TPSA) is 43.4 Å². The van der Waals surface area contributed by atoms with Gasteiger partial charge in [-0.1, -0.05) is 48.0 Å². The van der Waals surface area contributed by atoms with Crippen molar-refractivity contribution < 1.29 is 14.3 Å². The van der Waals surface area contributed by atoms with Crippen LogP contribution in [0.4, 0.5) is 0 Å². The molecule has 0 saturated heterocycles. The fraction of sp³-hybridized carbons (Fsp3) is 0.125. The number of ether oxygens (including phenoxy) is 1. The molecule has 3 nitrogen and oxygen atoms in total. The summed E-state index contributed by atoms with van der Waals surface area (Å²) in [6.07, 6.45) is -0.252. The predicted octanol–water partition coefficient (Wildman–Crippen LogP) is 3.17. The molecule has 0 bridgehead atoms. The molecule has 0 aliphatic rings. The van der Waals surface area contributed by atoms with Crippen molar-refractivity contribution in [3.63, 3.8) is 0 Å². The Bertz CT molecular complexity index is 571. The largest absolute Gasteiger partial charge is 0.426 e. The van der Waals surface area contributed by atoms with Gasteiger partial charge < -0.3 is 4.74 Å². The number of rotatable bonds is 4. The summed E-state index contributed by atoms with van der Waals surface area (Å²) in [7, 11) is 0. The van der Waals surface area contributed by atoms with Gasteiger partial charge in [0.05, 0.1) is 0 Å². The average molecular weight is 254 g/mol. The first-order valence-electron chi connectivity index (χ1n) is 6.01. The van der Waals surface area contributed by atoms with Crippen LogP contribution < -0.4 is 4.74 Å². The van der Waals surface area contributed by atoms with Gasteiger partial charge in [-0.05, 0) is 19.1 Å². The monoisotopic (exact) mass is 254 g/mol. The van der Waals surface area contributed by atoms with E-state index in [9.17, 15) is 9.59 Å². The molecule has 0 aliphatic carbocycles. The van der Waals surface area contributed by atoms with Gasteiger partial charge in [0.15, 0.2) is 5.78 Å². The van der Waals surface area contributed by atoms with Gasteiger partial charge in [0.2, 0.25) is 0 Å². The van der Waals surface area contributed by atoms with Gasteiger partial charge in [0, 0.05) is 5.56 Å². The molecular weight excluding hydrogens is 240 g/mol.